The number of hydrogen-bond donors (Lipinski definition) is 0. The first kappa shape index (κ1) is 13.3. The molecule has 0 aliphatic rings. The minimum atomic E-state index is -0.0903. The molecule has 0 aliphatic heterocycles. The lowest BCUT2D eigenvalue weighted by Gasteiger charge is -2.11. The van der Waals surface area contributed by atoms with Gasteiger partial charge in [-0.25, -0.2) is 4.98 Å². The van der Waals surface area contributed by atoms with Crippen molar-refractivity contribution in [2.75, 3.05) is 7.11 Å². The molecule has 19 heavy (non-hydrogen) atoms. The van der Waals surface area contributed by atoms with Gasteiger partial charge in [0.25, 0.3) is 0 Å². The highest BCUT2D eigenvalue weighted by Gasteiger charge is 2.19. The van der Waals surface area contributed by atoms with Crippen LogP contribution >= 0.6 is 0 Å². The van der Waals surface area contributed by atoms with Crippen LogP contribution in [0.4, 0.5) is 0 Å². The maximum atomic E-state index is 12.6. The third-order valence-corrected chi connectivity index (χ3v) is 3.11. The first-order chi connectivity index (χ1) is 9.04. The number of nitrogens with zero attached hydrogens (tertiary/aromatic N) is 1. The van der Waals surface area contributed by atoms with Crippen molar-refractivity contribution in [2.24, 2.45) is 0 Å². The molecule has 0 fully saturated rings. The number of pyridine rings is 1. The Morgan fingerprint density at radius 1 is 1.16 bits per heavy atom. The van der Waals surface area contributed by atoms with Crippen LogP contribution in [0.1, 0.15) is 32.7 Å². The standard InChI is InChI=1S/C16H17NO2/c1-10-8-11(2)14(12(3)9-10)16(18)15-13(19-4)6-5-7-17-15/h5-9H,1-4H3. The van der Waals surface area contributed by atoms with E-state index < -0.39 is 0 Å². The molecule has 0 unspecified atom stereocenters. The van der Waals surface area contributed by atoms with Crippen molar-refractivity contribution in [1.29, 1.82) is 0 Å². The summed E-state index contributed by atoms with van der Waals surface area (Å²) in [5.74, 6) is 0.416. The Bertz CT molecular complexity index is 609. The van der Waals surface area contributed by atoms with Crippen LogP contribution < -0.4 is 4.74 Å². The van der Waals surface area contributed by atoms with E-state index >= 15 is 0 Å². The molecule has 0 saturated heterocycles. The van der Waals surface area contributed by atoms with Crippen LogP contribution in [0.5, 0.6) is 5.75 Å². The van der Waals surface area contributed by atoms with Crippen LogP contribution in [0, 0.1) is 20.8 Å². The average Bonchev–Trinajstić information content (AvgIpc) is 2.37. The summed E-state index contributed by atoms with van der Waals surface area (Å²) >= 11 is 0. The van der Waals surface area contributed by atoms with Crippen LogP contribution in [-0.4, -0.2) is 17.9 Å². The second-order valence-electron chi connectivity index (χ2n) is 4.66. The lowest BCUT2D eigenvalue weighted by Crippen LogP contribution is -2.10. The van der Waals surface area contributed by atoms with E-state index in [9.17, 15) is 4.79 Å². The summed E-state index contributed by atoms with van der Waals surface area (Å²) in [6, 6.07) is 7.52. The Morgan fingerprint density at radius 2 is 1.79 bits per heavy atom. The number of benzene rings is 1. The van der Waals surface area contributed by atoms with Crippen LogP contribution in [0.15, 0.2) is 30.5 Å². The molecule has 1 aromatic heterocycles. The van der Waals surface area contributed by atoms with Crippen molar-refractivity contribution >= 4 is 5.78 Å². The molecule has 3 nitrogen and oxygen atoms in total. The van der Waals surface area contributed by atoms with Gasteiger partial charge in [-0.05, 0) is 44.0 Å². The summed E-state index contributed by atoms with van der Waals surface area (Å²) in [6.07, 6.45) is 1.61. The van der Waals surface area contributed by atoms with E-state index in [-0.39, 0.29) is 5.78 Å². The van der Waals surface area contributed by atoms with E-state index in [0.717, 1.165) is 16.7 Å². The highest BCUT2D eigenvalue weighted by atomic mass is 16.5. The summed E-state index contributed by atoms with van der Waals surface area (Å²) in [5.41, 5.74) is 4.16. The maximum Gasteiger partial charge on any atom is 0.215 e. The number of carbonyl (C=O) groups excluding carboxylic acids is 1. The monoisotopic (exact) mass is 255 g/mol. The largest absolute Gasteiger partial charge is 0.494 e. The second kappa shape index (κ2) is 5.22. The smallest absolute Gasteiger partial charge is 0.215 e. The molecule has 0 spiro atoms. The molecule has 2 aromatic rings. The number of aryl methyl sites for hydroxylation is 3. The Hall–Kier alpha value is -2.16. The quantitative estimate of drug-likeness (QED) is 0.790. The summed E-state index contributed by atoms with van der Waals surface area (Å²) in [4.78, 5) is 16.8. The van der Waals surface area contributed by atoms with Gasteiger partial charge in [0.1, 0.15) is 5.75 Å². The molecule has 0 N–H and O–H groups in total. The third-order valence-electron chi connectivity index (χ3n) is 3.11. The molecular formula is C16H17NO2. The van der Waals surface area contributed by atoms with Crippen molar-refractivity contribution in [3.8, 4) is 5.75 Å². The molecule has 1 aromatic carbocycles. The van der Waals surface area contributed by atoms with Crippen molar-refractivity contribution in [3.05, 3.63) is 58.4 Å². The van der Waals surface area contributed by atoms with Crippen molar-refractivity contribution in [1.82, 2.24) is 4.98 Å². The Labute approximate surface area is 113 Å². The fraction of sp³-hybridized carbons (Fsp3) is 0.250. The van der Waals surface area contributed by atoms with Gasteiger partial charge in [-0.3, -0.25) is 4.79 Å². The summed E-state index contributed by atoms with van der Waals surface area (Å²) < 4.78 is 5.21. The number of ketones is 1. The minimum absolute atomic E-state index is 0.0903. The van der Waals surface area contributed by atoms with E-state index in [1.54, 1.807) is 25.4 Å². The van der Waals surface area contributed by atoms with Gasteiger partial charge >= 0.3 is 0 Å². The van der Waals surface area contributed by atoms with Gasteiger partial charge in [-0.2, -0.15) is 0 Å². The van der Waals surface area contributed by atoms with Gasteiger partial charge in [0.05, 0.1) is 7.11 Å². The molecule has 3 heteroatoms. The average molecular weight is 255 g/mol. The molecule has 0 bridgehead atoms. The highest BCUT2D eigenvalue weighted by Crippen LogP contribution is 2.23. The highest BCUT2D eigenvalue weighted by molar-refractivity contribution is 6.11. The van der Waals surface area contributed by atoms with Crippen molar-refractivity contribution < 1.29 is 9.53 Å². The Balaban J connectivity index is 2.57. The number of methoxy groups -OCH3 is 1. The van der Waals surface area contributed by atoms with Crippen LogP contribution in [0.3, 0.4) is 0 Å². The first-order valence-corrected chi connectivity index (χ1v) is 6.16. The van der Waals surface area contributed by atoms with Crippen molar-refractivity contribution in [3.63, 3.8) is 0 Å². The van der Waals surface area contributed by atoms with Gasteiger partial charge in [-0.1, -0.05) is 17.7 Å². The fourth-order valence-electron chi connectivity index (χ4n) is 2.38. The van der Waals surface area contributed by atoms with Gasteiger partial charge in [0.15, 0.2) is 5.69 Å². The van der Waals surface area contributed by atoms with E-state index in [1.807, 2.05) is 32.9 Å². The van der Waals surface area contributed by atoms with E-state index in [4.69, 9.17) is 4.74 Å². The van der Waals surface area contributed by atoms with Crippen LogP contribution in [0.2, 0.25) is 0 Å². The van der Waals surface area contributed by atoms with Gasteiger partial charge in [0.2, 0.25) is 5.78 Å². The molecule has 0 atom stereocenters. The predicted octanol–water partition coefficient (Wildman–Crippen LogP) is 3.25. The number of hydrogen-bond acceptors (Lipinski definition) is 3. The Morgan fingerprint density at radius 3 is 2.37 bits per heavy atom. The zero-order chi connectivity index (χ0) is 14.0. The maximum absolute atomic E-state index is 12.6. The SMILES string of the molecule is COc1cccnc1C(=O)c1c(C)cc(C)cc1C. The van der Waals surface area contributed by atoms with E-state index in [1.165, 1.54) is 0 Å². The number of aromatic nitrogens is 1. The molecule has 0 amide bonds. The lowest BCUT2D eigenvalue weighted by molar-refractivity contribution is 0.103. The minimum Gasteiger partial charge on any atom is -0.494 e. The molecule has 0 aliphatic carbocycles. The van der Waals surface area contributed by atoms with E-state index in [2.05, 4.69) is 4.98 Å². The fourth-order valence-corrected chi connectivity index (χ4v) is 2.38. The lowest BCUT2D eigenvalue weighted by atomic mass is 9.95. The summed E-state index contributed by atoms with van der Waals surface area (Å²) in [7, 11) is 1.54. The summed E-state index contributed by atoms with van der Waals surface area (Å²) in [6.45, 7) is 5.92. The topological polar surface area (TPSA) is 39.2 Å². The Kier molecular flexibility index (Phi) is 3.65. The van der Waals surface area contributed by atoms with Gasteiger partial charge in [0, 0.05) is 11.8 Å². The second-order valence-corrected chi connectivity index (χ2v) is 4.66. The number of rotatable bonds is 3. The third kappa shape index (κ3) is 2.50. The van der Waals surface area contributed by atoms with Crippen LogP contribution in [-0.2, 0) is 0 Å². The molecular weight excluding hydrogens is 238 g/mol. The molecule has 0 radical (unpaired) electrons. The van der Waals surface area contributed by atoms with Gasteiger partial charge in [-0.15, -0.1) is 0 Å². The molecule has 2 rings (SSSR count). The normalized spacial score (nSPS) is 10.3. The molecule has 0 saturated carbocycles. The predicted molar refractivity (Wildman–Crippen MR) is 74.9 cm³/mol. The molecule has 98 valence electrons. The van der Waals surface area contributed by atoms with Crippen molar-refractivity contribution in [2.45, 2.75) is 20.8 Å². The number of ether oxygens (including phenoxy) is 1. The first-order valence-electron chi connectivity index (χ1n) is 6.16. The zero-order valence-electron chi connectivity index (χ0n) is 11.7. The van der Waals surface area contributed by atoms with Crippen LogP contribution in [0.25, 0.3) is 0 Å². The number of carbonyl (C=O) groups is 1. The van der Waals surface area contributed by atoms with E-state index in [0.29, 0.717) is 17.0 Å². The zero-order valence-corrected chi connectivity index (χ0v) is 11.7. The summed E-state index contributed by atoms with van der Waals surface area (Å²) in [5, 5.41) is 0. The molecule has 1 heterocycles. The van der Waals surface area contributed by atoms with Gasteiger partial charge < -0.3 is 4.74 Å².